The monoisotopic (exact) mass is 238 g/mol. The van der Waals surface area contributed by atoms with Gasteiger partial charge in [-0.15, -0.1) is 0 Å². The van der Waals surface area contributed by atoms with Gasteiger partial charge < -0.3 is 0 Å². The predicted molar refractivity (Wildman–Crippen MR) is 78.3 cm³/mol. The van der Waals surface area contributed by atoms with Crippen LogP contribution in [0.2, 0.25) is 0 Å². The maximum atomic E-state index is 2.37. The molecule has 0 unspecified atom stereocenters. The number of hydrogen-bond acceptors (Lipinski definition) is 0. The maximum absolute atomic E-state index is 2.37. The standard InChI is InChI=1S/C17H34/c1-4-7-9-11-16(12-10-8-5-2)17(13-6-3)14-15-17/h16H,4-15H2,1-3H3. The van der Waals surface area contributed by atoms with E-state index < -0.39 is 0 Å². The van der Waals surface area contributed by atoms with E-state index in [1.165, 1.54) is 64.2 Å². The quantitative estimate of drug-likeness (QED) is 0.368. The van der Waals surface area contributed by atoms with Gasteiger partial charge in [0, 0.05) is 0 Å². The van der Waals surface area contributed by atoms with Crippen molar-refractivity contribution in [3.8, 4) is 0 Å². The third kappa shape index (κ3) is 5.02. The molecule has 1 fully saturated rings. The molecule has 1 saturated carbocycles. The van der Waals surface area contributed by atoms with Crippen molar-refractivity contribution in [1.82, 2.24) is 0 Å². The average Bonchev–Trinajstić information content (AvgIpc) is 3.09. The van der Waals surface area contributed by atoms with Crippen molar-refractivity contribution in [3.63, 3.8) is 0 Å². The van der Waals surface area contributed by atoms with Crippen molar-refractivity contribution in [1.29, 1.82) is 0 Å². The molecule has 0 aromatic carbocycles. The van der Waals surface area contributed by atoms with Gasteiger partial charge in [0.1, 0.15) is 0 Å². The van der Waals surface area contributed by atoms with Crippen LogP contribution in [-0.2, 0) is 0 Å². The van der Waals surface area contributed by atoms with E-state index in [-0.39, 0.29) is 0 Å². The van der Waals surface area contributed by atoms with Gasteiger partial charge in [-0.05, 0) is 43.4 Å². The SMILES string of the molecule is CCCCCC(CCCCC)C1(CCC)CC1. The summed E-state index contributed by atoms with van der Waals surface area (Å²) in [7, 11) is 0. The van der Waals surface area contributed by atoms with Crippen molar-refractivity contribution in [2.75, 3.05) is 0 Å². The molecular formula is C17H34. The van der Waals surface area contributed by atoms with Gasteiger partial charge in [0.2, 0.25) is 0 Å². The van der Waals surface area contributed by atoms with Crippen LogP contribution in [0.5, 0.6) is 0 Å². The van der Waals surface area contributed by atoms with Crippen LogP contribution in [0.3, 0.4) is 0 Å². The molecule has 1 aliphatic rings. The van der Waals surface area contributed by atoms with E-state index in [2.05, 4.69) is 20.8 Å². The van der Waals surface area contributed by atoms with Gasteiger partial charge in [0.15, 0.2) is 0 Å². The van der Waals surface area contributed by atoms with Crippen LogP contribution in [0.4, 0.5) is 0 Å². The van der Waals surface area contributed by atoms with E-state index in [4.69, 9.17) is 0 Å². The summed E-state index contributed by atoms with van der Waals surface area (Å²) in [5.41, 5.74) is 0.816. The molecule has 0 radical (unpaired) electrons. The van der Waals surface area contributed by atoms with Crippen molar-refractivity contribution in [3.05, 3.63) is 0 Å². The second-order valence-electron chi connectivity index (χ2n) is 6.30. The Morgan fingerprint density at radius 3 is 1.65 bits per heavy atom. The van der Waals surface area contributed by atoms with Gasteiger partial charge in [-0.1, -0.05) is 65.7 Å². The Morgan fingerprint density at radius 2 is 1.29 bits per heavy atom. The van der Waals surface area contributed by atoms with Crippen molar-refractivity contribution in [2.24, 2.45) is 11.3 Å². The predicted octanol–water partition coefficient (Wildman–Crippen LogP) is 6.34. The van der Waals surface area contributed by atoms with Gasteiger partial charge >= 0.3 is 0 Å². The molecule has 0 spiro atoms. The first-order chi connectivity index (χ1) is 8.29. The first-order valence-corrected chi connectivity index (χ1v) is 8.29. The van der Waals surface area contributed by atoms with Crippen molar-refractivity contribution < 1.29 is 0 Å². The normalized spacial score (nSPS) is 17.6. The molecule has 0 aromatic heterocycles. The van der Waals surface area contributed by atoms with E-state index in [1.54, 1.807) is 12.8 Å². The number of rotatable bonds is 11. The molecule has 0 atom stereocenters. The zero-order chi connectivity index (χ0) is 12.6. The van der Waals surface area contributed by atoms with Gasteiger partial charge in [-0.2, -0.15) is 0 Å². The second kappa shape index (κ2) is 8.16. The second-order valence-corrected chi connectivity index (χ2v) is 6.30. The highest BCUT2D eigenvalue weighted by atomic mass is 14.5. The van der Waals surface area contributed by atoms with Gasteiger partial charge in [0.05, 0.1) is 0 Å². The minimum absolute atomic E-state index is 0.816. The fourth-order valence-electron chi connectivity index (χ4n) is 3.56. The molecule has 102 valence electrons. The van der Waals surface area contributed by atoms with Crippen LogP contribution in [-0.4, -0.2) is 0 Å². The molecule has 0 amide bonds. The van der Waals surface area contributed by atoms with Crippen molar-refractivity contribution >= 4 is 0 Å². The molecule has 0 heteroatoms. The van der Waals surface area contributed by atoms with E-state index in [1.807, 2.05) is 0 Å². The Kier molecular flexibility index (Phi) is 7.23. The van der Waals surface area contributed by atoms with Crippen LogP contribution in [0.25, 0.3) is 0 Å². The smallest absolute Gasteiger partial charge is 0.0269 e. The van der Waals surface area contributed by atoms with Crippen molar-refractivity contribution in [2.45, 2.75) is 97.8 Å². The first-order valence-electron chi connectivity index (χ1n) is 8.29. The van der Waals surface area contributed by atoms with Crippen LogP contribution in [0.15, 0.2) is 0 Å². The molecule has 1 rings (SSSR count). The maximum Gasteiger partial charge on any atom is -0.0269 e. The van der Waals surface area contributed by atoms with Crippen LogP contribution in [0, 0.1) is 11.3 Å². The fraction of sp³-hybridized carbons (Fsp3) is 1.00. The summed E-state index contributed by atoms with van der Waals surface area (Å²) >= 11 is 0. The summed E-state index contributed by atoms with van der Waals surface area (Å²) < 4.78 is 0. The highest BCUT2D eigenvalue weighted by molar-refractivity contribution is 4.97. The Hall–Kier alpha value is 0. The zero-order valence-electron chi connectivity index (χ0n) is 12.6. The molecule has 0 aliphatic heterocycles. The highest BCUT2D eigenvalue weighted by Gasteiger charge is 2.46. The Labute approximate surface area is 110 Å². The zero-order valence-corrected chi connectivity index (χ0v) is 12.6. The topological polar surface area (TPSA) is 0 Å². The van der Waals surface area contributed by atoms with Gasteiger partial charge in [-0.25, -0.2) is 0 Å². The molecule has 17 heavy (non-hydrogen) atoms. The lowest BCUT2D eigenvalue weighted by Crippen LogP contribution is -2.16. The Morgan fingerprint density at radius 1 is 0.765 bits per heavy atom. The van der Waals surface area contributed by atoms with E-state index >= 15 is 0 Å². The molecule has 0 N–H and O–H groups in total. The van der Waals surface area contributed by atoms with Gasteiger partial charge in [-0.3, -0.25) is 0 Å². The van der Waals surface area contributed by atoms with Gasteiger partial charge in [0.25, 0.3) is 0 Å². The molecule has 1 aliphatic carbocycles. The van der Waals surface area contributed by atoms with E-state index in [0.717, 1.165) is 11.3 Å². The third-order valence-electron chi connectivity index (χ3n) is 4.82. The largest absolute Gasteiger partial charge is 0.0654 e. The minimum atomic E-state index is 0.816. The third-order valence-corrected chi connectivity index (χ3v) is 4.82. The summed E-state index contributed by atoms with van der Waals surface area (Å²) in [6.45, 7) is 7.02. The minimum Gasteiger partial charge on any atom is -0.0654 e. The van der Waals surface area contributed by atoms with Crippen LogP contribution in [0.1, 0.15) is 97.8 Å². The summed E-state index contributed by atoms with van der Waals surface area (Å²) in [4.78, 5) is 0. The summed E-state index contributed by atoms with van der Waals surface area (Å²) in [5.74, 6) is 1.07. The lowest BCUT2D eigenvalue weighted by Gasteiger charge is -2.27. The number of unbranched alkanes of at least 4 members (excludes halogenated alkanes) is 4. The fourth-order valence-corrected chi connectivity index (χ4v) is 3.56. The Bertz CT molecular complexity index is 168. The summed E-state index contributed by atoms with van der Waals surface area (Å²) in [6, 6.07) is 0. The average molecular weight is 238 g/mol. The molecule has 0 aromatic rings. The Balaban J connectivity index is 2.35. The first kappa shape index (κ1) is 15.1. The molecule has 0 saturated heterocycles. The molecule has 0 nitrogen and oxygen atoms in total. The lowest BCUT2D eigenvalue weighted by atomic mass is 9.78. The van der Waals surface area contributed by atoms with Crippen LogP contribution < -0.4 is 0 Å². The van der Waals surface area contributed by atoms with E-state index in [9.17, 15) is 0 Å². The highest BCUT2D eigenvalue weighted by Crippen LogP contribution is 2.58. The molecule has 0 bridgehead atoms. The van der Waals surface area contributed by atoms with E-state index in [0.29, 0.717) is 0 Å². The lowest BCUT2D eigenvalue weighted by molar-refractivity contribution is 0.239. The van der Waals surface area contributed by atoms with Crippen LogP contribution >= 0.6 is 0 Å². The number of hydrogen-bond donors (Lipinski definition) is 0. The summed E-state index contributed by atoms with van der Waals surface area (Å²) in [6.07, 6.45) is 17.7. The molecule has 0 heterocycles. The molecular weight excluding hydrogens is 204 g/mol. The summed E-state index contributed by atoms with van der Waals surface area (Å²) in [5, 5.41) is 0.